The van der Waals surface area contributed by atoms with Crippen molar-refractivity contribution in [3.05, 3.63) is 58.4 Å². The summed E-state index contributed by atoms with van der Waals surface area (Å²) in [5.74, 6) is 0.592. The minimum atomic E-state index is -0.537. The van der Waals surface area contributed by atoms with E-state index in [0.717, 1.165) is 17.0 Å². The highest BCUT2D eigenvalue weighted by molar-refractivity contribution is 6.32. The fourth-order valence-corrected chi connectivity index (χ4v) is 1.97. The third-order valence-electron chi connectivity index (χ3n) is 2.76. The van der Waals surface area contributed by atoms with Crippen LogP contribution in [0.15, 0.2) is 36.4 Å². The van der Waals surface area contributed by atoms with E-state index >= 15 is 0 Å². The van der Waals surface area contributed by atoms with Crippen LogP contribution in [0.4, 0.5) is 0 Å². The number of aliphatic hydroxyl groups is 1. The summed E-state index contributed by atoms with van der Waals surface area (Å²) in [7, 11) is 0. The summed E-state index contributed by atoms with van der Waals surface area (Å²) in [5, 5.41) is 9.96. The SMILES string of the molecule is Cc1cccc(COc2ccc([C@H](C)O)cc2Cl)n1. The van der Waals surface area contributed by atoms with Crippen LogP contribution in [0.1, 0.15) is 30.0 Å². The number of hydrogen-bond acceptors (Lipinski definition) is 3. The van der Waals surface area contributed by atoms with Crippen LogP contribution in [0.5, 0.6) is 5.75 Å². The van der Waals surface area contributed by atoms with Gasteiger partial charge in [-0.3, -0.25) is 4.98 Å². The molecular weight excluding hydrogens is 262 g/mol. The summed E-state index contributed by atoms with van der Waals surface area (Å²) in [6.07, 6.45) is -0.537. The van der Waals surface area contributed by atoms with E-state index in [4.69, 9.17) is 16.3 Å². The summed E-state index contributed by atoms with van der Waals surface area (Å²) in [6, 6.07) is 11.1. The van der Waals surface area contributed by atoms with E-state index in [1.165, 1.54) is 0 Å². The molecule has 0 radical (unpaired) electrons. The zero-order valence-corrected chi connectivity index (χ0v) is 11.7. The second-order valence-electron chi connectivity index (χ2n) is 4.42. The number of halogens is 1. The Balaban J connectivity index is 2.07. The lowest BCUT2D eigenvalue weighted by atomic mass is 10.1. The van der Waals surface area contributed by atoms with Gasteiger partial charge >= 0.3 is 0 Å². The first-order valence-electron chi connectivity index (χ1n) is 6.09. The van der Waals surface area contributed by atoms with Crippen LogP contribution in [-0.2, 0) is 6.61 Å². The van der Waals surface area contributed by atoms with Crippen molar-refractivity contribution < 1.29 is 9.84 Å². The third kappa shape index (κ3) is 3.69. The Hall–Kier alpha value is -1.58. The second-order valence-corrected chi connectivity index (χ2v) is 4.83. The molecule has 0 aliphatic heterocycles. The van der Waals surface area contributed by atoms with Gasteiger partial charge in [0, 0.05) is 5.69 Å². The minimum absolute atomic E-state index is 0.370. The van der Waals surface area contributed by atoms with E-state index in [1.54, 1.807) is 25.1 Å². The van der Waals surface area contributed by atoms with E-state index in [-0.39, 0.29) is 0 Å². The zero-order chi connectivity index (χ0) is 13.8. The van der Waals surface area contributed by atoms with Crippen LogP contribution in [0.2, 0.25) is 5.02 Å². The van der Waals surface area contributed by atoms with Gasteiger partial charge in [0.15, 0.2) is 0 Å². The molecule has 2 rings (SSSR count). The molecular formula is C15H16ClNO2. The van der Waals surface area contributed by atoms with Gasteiger partial charge < -0.3 is 9.84 Å². The maximum atomic E-state index is 9.47. The lowest BCUT2D eigenvalue weighted by molar-refractivity contribution is 0.199. The highest BCUT2D eigenvalue weighted by Crippen LogP contribution is 2.28. The number of aryl methyl sites for hydroxylation is 1. The lowest BCUT2D eigenvalue weighted by Gasteiger charge is -2.10. The average Bonchev–Trinajstić information content (AvgIpc) is 2.37. The Bertz CT molecular complexity index is 570. The molecule has 19 heavy (non-hydrogen) atoms. The van der Waals surface area contributed by atoms with Gasteiger partial charge in [0.05, 0.1) is 16.8 Å². The molecule has 0 saturated carbocycles. The molecule has 1 aromatic carbocycles. The van der Waals surface area contributed by atoms with Crippen LogP contribution in [0.25, 0.3) is 0 Å². The van der Waals surface area contributed by atoms with Gasteiger partial charge in [-0.15, -0.1) is 0 Å². The number of pyridine rings is 1. The smallest absolute Gasteiger partial charge is 0.138 e. The molecule has 1 heterocycles. The second kappa shape index (κ2) is 6.04. The summed E-state index contributed by atoms with van der Waals surface area (Å²) in [6.45, 7) is 4.01. The molecule has 0 amide bonds. The molecule has 0 aliphatic rings. The van der Waals surface area contributed by atoms with Gasteiger partial charge in [0.25, 0.3) is 0 Å². The topological polar surface area (TPSA) is 42.4 Å². The lowest BCUT2D eigenvalue weighted by Crippen LogP contribution is -2.00. The van der Waals surface area contributed by atoms with Crippen LogP contribution in [0.3, 0.4) is 0 Å². The van der Waals surface area contributed by atoms with Crippen molar-refractivity contribution >= 4 is 11.6 Å². The molecule has 100 valence electrons. The number of aliphatic hydroxyl groups excluding tert-OH is 1. The Kier molecular flexibility index (Phi) is 4.40. The first-order valence-corrected chi connectivity index (χ1v) is 6.47. The minimum Gasteiger partial charge on any atom is -0.486 e. The molecule has 0 fully saturated rings. The maximum Gasteiger partial charge on any atom is 0.138 e. The number of benzene rings is 1. The molecule has 3 nitrogen and oxygen atoms in total. The van der Waals surface area contributed by atoms with Crippen molar-refractivity contribution in [1.82, 2.24) is 4.98 Å². The molecule has 0 saturated heterocycles. The number of ether oxygens (including phenoxy) is 1. The Morgan fingerprint density at radius 3 is 2.74 bits per heavy atom. The predicted octanol–water partition coefficient (Wildman–Crippen LogP) is 3.68. The van der Waals surface area contributed by atoms with Gasteiger partial charge in [0.2, 0.25) is 0 Å². The molecule has 0 aliphatic carbocycles. The number of nitrogens with zero attached hydrogens (tertiary/aromatic N) is 1. The van der Waals surface area contributed by atoms with Gasteiger partial charge in [-0.05, 0) is 43.7 Å². The highest BCUT2D eigenvalue weighted by Gasteiger charge is 2.07. The van der Waals surface area contributed by atoms with Crippen molar-refractivity contribution in [2.75, 3.05) is 0 Å². The van der Waals surface area contributed by atoms with Gasteiger partial charge in [-0.25, -0.2) is 0 Å². The van der Waals surface area contributed by atoms with Gasteiger partial charge in [0.1, 0.15) is 12.4 Å². The van der Waals surface area contributed by atoms with Crippen molar-refractivity contribution in [3.63, 3.8) is 0 Å². The monoisotopic (exact) mass is 277 g/mol. The Labute approximate surface area is 117 Å². The largest absolute Gasteiger partial charge is 0.486 e. The van der Waals surface area contributed by atoms with E-state index in [9.17, 15) is 5.11 Å². The van der Waals surface area contributed by atoms with Crippen LogP contribution < -0.4 is 4.74 Å². The van der Waals surface area contributed by atoms with Crippen molar-refractivity contribution in [2.45, 2.75) is 26.6 Å². The molecule has 0 spiro atoms. The first kappa shape index (κ1) is 13.8. The Morgan fingerprint density at radius 2 is 2.11 bits per heavy atom. The molecule has 4 heteroatoms. The molecule has 1 atom stereocenters. The summed E-state index contributed by atoms with van der Waals surface area (Å²) in [5.41, 5.74) is 2.58. The normalized spacial score (nSPS) is 12.2. The number of aromatic nitrogens is 1. The first-order chi connectivity index (χ1) is 9.06. The average molecular weight is 278 g/mol. The molecule has 0 unspecified atom stereocenters. The summed E-state index contributed by atoms with van der Waals surface area (Å²) < 4.78 is 5.64. The van der Waals surface area contributed by atoms with Crippen LogP contribution in [-0.4, -0.2) is 10.1 Å². The maximum absolute atomic E-state index is 9.47. The van der Waals surface area contributed by atoms with Gasteiger partial charge in [-0.2, -0.15) is 0 Å². The third-order valence-corrected chi connectivity index (χ3v) is 3.06. The van der Waals surface area contributed by atoms with E-state index in [1.807, 2.05) is 25.1 Å². The predicted molar refractivity (Wildman–Crippen MR) is 75.4 cm³/mol. The molecule has 1 N–H and O–H groups in total. The molecule has 2 aromatic rings. The standard InChI is InChI=1S/C15H16ClNO2/c1-10-4-3-5-13(17-10)9-19-15-7-6-12(11(2)18)8-14(15)16/h3-8,11,18H,9H2,1-2H3/t11-/m0/s1. The Morgan fingerprint density at radius 1 is 1.32 bits per heavy atom. The molecule has 0 bridgehead atoms. The summed E-state index contributed by atoms with van der Waals surface area (Å²) in [4.78, 5) is 4.36. The zero-order valence-electron chi connectivity index (χ0n) is 10.9. The van der Waals surface area contributed by atoms with Crippen LogP contribution >= 0.6 is 11.6 Å². The fourth-order valence-electron chi connectivity index (χ4n) is 1.73. The van der Waals surface area contributed by atoms with E-state index in [0.29, 0.717) is 17.4 Å². The van der Waals surface area contributed by atoms with Crippen molar-refractivity contribution in [1.29, 1.82) is 0 Å². The number of rotatable bonds is 4. The summed E-state index contributed by atoms with van der Waals surface area (Å²) >= 11 is 6.11. The van der Waals surface area contributed by atoms with Crippen molar-refractivity contribution in [2.24, 2.45) is 0 Å². The number of hydrogen-bond donors (Lipinski definition) is 1. The molecule has 1 aromatic heterocycles. The van der Waals surface area contributed by atoms with E-state index < -0.39 is 6.10 Å². The quantitative estimate of drug-likeness (QED) is 0.927. The van der Waals surface area contributed by atoms with Crippen molar-refractivity contribution in [3.8, 4) is 5.75 Å². The highest BCUT2D eigenvalue weighted by atomic mass is 35.5. The van der Waals surface area contributed by atoms with E-state index in [2.05, 4.69) is 4.98 Å². The van der Waals surface area contributed by atoms with Gasteiger partial charge in [-0.1, -0.05) is 23.7 Å². The van der Waals surface area contributed by atoms with Crippen LogP contribution in [0, 0.1) is 6.92 Å². The fraction of sp³-hybridized carbons (Fsp3) is 0.267.